The molecule has 0 radical (unpaired) electrons. The van der Waals surface area contributed by atoms with Gasteiger partial charge in [0.25, 0.3) is 0 Å². The Hall–Kier alpha value is -2.58. The summed E-state index contributed by atoms with van der Waals surface area (Å²) in [5.41, 5.74) is 1.28. The molecule has 0 aliphatic rings. The van der Waals surface area contributed by atoms with Gasteiger partial charge < -0.3 is 10.4 Å². The van der Waals surface area contributed by atoms with Crippen LogP contribution in [0.3, 0.4) is 0 Å². The average Bonchev–Trinajstić information content (AvgIpc) is 3.09. The van der Waals surface area contributed by atoms with Crippen molar-refractivity contribution < 1.29 is 14.7 Å². The second-order valence-corrected chi connectivity index (χ2v) is 7.93. The van der Waals surface area contributed by atoms with Crippen molar-refractivity contribution in [1.82, 2.24) is 9.78 Å². The Morgan fingerprint density at radius 1 is 1.11 bits per heavy atom. The molecule has 1 amide bonds. The highest BCUT2D eigenvalue weighted by Gasteiger charge is 2.19. The number of carbonyl (C=O) groups excluding carboxylic acids is 1. The maximum atomic E-state index is 12.2. The number of amides is 1. The number of aromatic nitrogens is 2. The molecule has 0 fully saturated rings. The van der Waals surface area contributed by atoms with Crippen LogP contribution in [0.4, 0.5) is 5.69 Å². The fourth-order valence-corrected chi connectivity index (χ4v) is 3.58. The summed E-state index contributed by atoms with van der Waals surface area (Å²) >= 11 is 4.75. The molecule has 3 rings (SSSR count). The number of carbonyl (C=O) groups is 2. The van der Waals surface area contributed by atoms with E-state index in [4.69, 9.17) is 0 Å². The van der Waals surface area contributed by atoms with Gasteiger partial charge in [-0.3, -0.25) is 9.48 Å². The van der Waals surface area contributed by atoms with E-state index >= 15 is 0 Å². The highest BCUT2D eigenvalue weighted by Crippen LogP contribution is 2.22. The molecule has 0 aliphatic heterocycles. The Kier molecular flexibility index (Phi) is 6.89. The molecule has 0 saturated heterocycles. The van der Waals surface area contributed by atoms with Gasteiger partial charge in [0.1, 0.15) is 0 Å². The van der Waals surface area contributed by atoms with E-state index in [1.165, 1.54) is 22.6 Å². The summed E-state index contributed by atoms with van der Waals surface area (Å²) in [6.45, 7) is 0.412. The number of hydrogen-bond acceptors (Lipinski definition) is 4. The number of benzene rings is 2. The number of halogens is 1. The van der Waals surface area contributed by atoms with Gasteiger partial charge in [-0.1, -0.05) is 46.3 Å². The van der Waals surface area contributed by atoms with Crippen LogP contribution in [0.15, 0.2) is 70.2 Å². The lowest BCUT2D eigenvalue weighted by Gasteiger charge is -2.07. The fraction of sp³-hybridized carbons (Fsp3) is 0.150. The number of aromatic carboxylic acids is 1. The molecule has 0 spiro atoms. The predicted molar refractivity (Wildman–Crippen MR) is 113 cm³/mol. The second-order valence-electron chi connectivity index (χ2n) is 5.96. The third kappa shape index (κ3) is 5.46. The first-order valence-electron chi connectivity index (χ1n) is 8.54. The monoisotopic (exact) mass is 459 g/mol. The molecule has 0 unspecified atom stereocenters. The Morgan fingerprint density at radius 2 is 1.82 bits per heavy atom. The summed E-state index contributed by atoms with van der Waals surface area (Å²) < 4.78 is 2.38. The number of aryl methyl sites for hydroxylation is 2. The Bertz CT molecular complexity index is 959. The van der Waals surface area contributed by atoms with Gasteiger partial charge in [-0.25, -0.2) is 4.79 Å². The zero-order chi connectivity index (χ0) is 19.9. The lowest BCUT2D eigenvalue weighted by Crippen LogP contribution is -2.18. The lowest BCUT2D eigenvalue weighted by molar-refractivity contribution is -0.113. The van der Waals surface area contributed by atoms with Crippen molar-refractivity contribution in [2.75, 3.05) is 11.1 Å². The van der Waals surface area contributed by atoms with Crippen molar-refractivity contribution in [2.24, 2.45) is 0 Å². The van der Waals surface area contributed by atoms with Gasteiger partial charge in [0, 0.05) is 15.9 Å². The molecule has 6 nitrogen and oxygen atoms in total. The van der Waals surface area contributed by atoms with E-state index in [0.717, 1.165) is 14.9 Å². The molecule has 144 valence electrons. The molecular weight excluding hydrogens is 442 g/mol. The summed E-state index contributed by atoms with van der Waals surface area (Å²) in [5.74, 6) is -1.23. The van der Waals surface area contributed by atoms with Gasteiger partial charge in [-0.05, 0) is 36.2 Å². The maximum Gasteiger partial charge on any atom is 0.356 e. The summed E-state index contributed by atoms with van der Waals surface area (Å²) in [7, 11) is 0. The van der Waals surface area contributed by atoms with Crippen molar-refractivity contribution in [1.29, 1.82) is 0 Å². The van der Waals surface area contributed by atoms with Gasteiger partial charge in [0.15, 0.2) is 5.69 Å². The normalized spacial score (nSPS) is 10.6. The van der Waals surface area contributed by atoms with Crippen LogP contribution < -0.4 is 5.32 Å². The molecular formula is C20H18BrN3O3S. The minimum Gasteiger partial charge on any atom is -0.476 e. The van der Waals surface area contributed by atoms with Gasteiger partial charge in [-0.15, -0.1) is 11.8 Å². The highest BCUT2D eigenvalue weighted by molar-refractivity contribution is 9.10. The molecule has 0 bridgehead atoms. The van der Waals surface area contributed by atoms with E-state index in [0.29, 0.717) is 13.0 Å². The Balaban J connectivity index is 1.62. The van der Waals surface area contributed by atoms with Crippen molar-refractivity contribution in [3.63, 3.8) is 0 Å². The molecule has 0 atom stereocenters. The van der Waals surface area contributed by atoms with Crippen molar-refractivity contribution in [3.05, 3.63) is 76.5 Å². The van der Waals surface area contributed by atoms with Crippen LogP contribution in [0, 0.1) is 0 Å². The Labute approximate surface area is 175 Å². The van der Waals surface area contributed by atoms with E-state index in [1.807, 2.05) is 54.6 Å². The first kappa shape index (κ1) is 20.2. The van der Waals surface area contributed by atoms with E-state index in [1.54, 1.807) is 0 Å². The van der Waals surface area contributed by atoms with E-state index in [2.05, 4.69) is 26.3 Å². The quantitative estimate of drug-likeness (QED) is 0.490. The number of thioether (sulfide) groups is 1. The van der Waals surface area contributed by atoms with Crippen molar-refractivity contribution >= 4 is 45.3 Å². The molecule has 1 aromatic heterocycles. The second kappa shape index (κ2) is 9.57. The summed E-state index contributed by atoms with van der Waals surface area (Å²) in [4.78, 5) is 24.9. The Morgan fingerprint density at radius 3 is 2.50 bits per heavy atom. The first-order chi connectivity index (χ1) is 13.5. The highest BCUT2D eigenvalue weighted by atomic mass is 79.9. The molecule has 8 heteroatoms. The smallest absolute Gasteiger partial charge is 0.356 e. The molecule has 28 heavy (non-hydrogen) atoms. The van der Waals surface area contributed by atoms with E-state index < -0.39 is 5.97 Å². The third-order valence-electron chi connectivity index (χ3n) is 3.95. The predicted octanol–water partition coefficient (Wildman–Crippen LogP) is 4.32. The maximum absolute atomic E-state index is 12.2. The van der Waals surface area contributed by atoms with E-state index in [-0.39, 0.29) is 23.0 Å². The largest absolute Gasteiger partial charge is 0.476 e. The minimum atomic E-state index is -1.12. The number of rotatable bonds is 8. The molecule has 2 aromatic carbocycles. The summed E-state index contributed by atoms with van der Waals surface area (Å²) in [5, 5.41) is 16.4. The minimum absolute atomic E-state index is 0.0158. The van der Waals surface area contributed by atoms with Crippen LogP contribution in [0.5, 0.6) is 0 Å². The van der Waals surface area contributed by atoms with Gasteiger partial charge in [0.05, 0.1) is 17.6 Å². The van der Waals surface area contributed by atoms with Crippen LogP contribution in [0.2, 0.25) is 0 Å². The van der Waals surface area contributed by atoms with Gasteiger partial charge in [-0.2, -0.15) is 5.10 Å². The topological polar surface area (TPSA) is 84.2 Å². The van der Waals surface area contributed by atoms with Crippen LogP contribution in [-0.4, -0.2) is 32.5 Å². The first-order valence-corrected chi connectivity index (χ1v) is 10.3. The number of hydrogen-bond donors (Lipinski definition) is 2. The average molecular weight is 460 g/mol. The number of anilines is 1. The SMILES string of the molecule is O=C(CSc1ccc(Br)cc1)Nc1cnn(CCc2ccccc2)c1C(=O)O. The van der Waals surface area contributed by atoms with Crippen LogP contribution >= 0.6 is 27.7 Å². The lowest BCUT2D eigenvalue weighted by atomic mass is 10.1. The molecule has 0 aliphatic carbocycles. The molecule has 1 heterocycles. The number of nitrogens with zero attached hydrogens (tertiary/aromatic N) is 2. The number of carboxylic acid groups (broad SMARTS) is 1. The standard InChI is InChI=1S/C20H18BrN3O3S/c21-15-6-8-16(9-7-15)28-13-18(25)23-17-12-22-24(19(17)20(26)27)11-10-14-4-2-1-3-5-14/h1-9,12H,10-11,13H2,(H,23,25)(H,26,27). The summed E-state index contributed by atoms with van der Waals surface area (Å²) in [6, 6.07) is 17.4. The van der Waals surface area contributed by atoms with Crippen molar-refractivity contribution in [2.45, 2.75) is 17.9 Å². The number of nitrogens with one attached hydrogen (secondary N) is 1. The third-order valence-corrected chi connectivity index (χ3v) is 5.50. The fourth-order valence-electron chi connectivity index (χ4n) is 2.62. The molecule has 2 N–H and O–H groups in total. The zero-order valence-electron chi connectivity index (χ0n) is 14.8. The van der Waals surface area contributed by atoms with Gasteiger partial charge >= 0.3 is 5.97 Å². The van der Waals surface area contributed by atoms with Crippen LogP contribution in [0.1, 0.15) is 16.1 Å². The number of carboxylic acids is 1. The zero-order valence-corrected chi connectivity index (χ0v) is 17.2. The van der Waals surface area contributed by atoms with Crippen LogP contribution in [-0.2, 0) is 17.8 Å². The summed E-state index contributed by atoms with van der Waals surface area (Å²) in [6.07, 6.45) is 2.03. The molecule has 3 aromatic rings. The van der Waals surface area contributed by atoms with E-state index in [9.17, 15) is 14.7 Å². The molecule has 0 saturated carbocycles. The van der Waals surface area contributed by atoms with Gasteiger partial charge in [0.2, 0.25) is 5.91 Å². The van der Waals surface area contributed by atoms with Crippen molar-refractivity contribution in [3.8, 4) is 0 Å². The van der Waals surface area contributed by atoms with Crippen LogP contribution in [0.25, 0.3) is 0 Å².